The Balaban J connectivity index is 2.07. The molecule has 0 amide bonds. The normalized spacial score (nSPS) is 11.8. The van der Waals surface area contributed by atoms with Gasteiger partial charge in [-0.05, 0) is 49.4 Å². The summed E-state index contributed by atoms with van der Waals surface area (Å²) in [7, 11) is 1.59. The first-order chi connectivity index (χ1) is 9.60. The Morgan fingerprint density at radius 2 is 1.80 bits per heavy atom. The fraction of sp³-hybridized carbons (Fsp3) is 0.188. The van der Waals surface area contributed by atoms with E-state index in [2.05, 4.69) is 0 Å². The van der Waals surface area contributed by atoms with E-state index < -0.39 is 6.10 Å². The van der Waals surface area contributed by atoms with Crippen molar-refractivity contribution < 1.29 is 14.3 Å². The maximum absolute atomic E-state index is 12.2. The Morgan fingerprint density at radius 1 is 1.10 bits per heavy atom. The smallest absolute Gasteiger partial charge is 0.202 e. The van der Waals surface area contributed by atoms with Gasteiger partial charge in [-0.15, -0.1) is 0 Å². The van der Waals surface area contributed by atoms with Gasteiger partial charge in [-0.3, -0.25) is 4.79 Å². The number of carbonyl (C=O) groups is 1. The molecule has 0 spiro atoms. The van der Waals surface area contributed by atoms with Crippen molar-refractivity contribution in [1.82, 2.24) is 0 Å². The second-order valence-corrected chi connectivity index (χ2v) is 4.75. The molecule has 1 atom stereocenters. The first-order valence-corrected chi connectivity index (χ1v) is 6.58. The molecule has 0 saturated carbocycles. The number of ketones is 1. The van der Waals surface area contributed by atoms with Crippen LogP contribution in [-0.2, 0) is 0 Å². The van der Waals surface area contributed by atoms with E-state index in [1.807, 2.05) is 0 Å². The second-order valence-electron chi connectivity index (χ2n) is 4.31. The van der Waals surface area contributed by atoms with Crippen LogP contribution in [0.3, 0.4) is 0 Å². The number of halogens is 1. The first kappa shape index (κ1) is 14.4. The Labute approximate surface area is 123 Å². The van der Waals surface area contributed by atoms with Crippen LogP contribution in [0.2, 0.25) is 5.02 Å². The molecule has 2 aromatic carbocycles. The predicted molar refractivity (Wildman–Crippen MR) is 78.9 cm³/mol. The van der Waals surface area contributed by atoms with Gasteiger partial charge in [0.1, 0.15) is 11.5 Å². The van der Waals surface area contributed by atoms with E-state index in [-0.39, 0.29) is 5.78 Å². The fourth-order valence-electron chi connectivity index (χ4n) is 1.79. The van der Waals surface area contributed by atoms with E-state index in [4.69, 9.17) is 21.1 Å². The van der Waals surface area contributed by atoms with Gasteiger partial charge in [0.15, 0.2) is 6.10 Å². The van der Waals surface area contributed by atoms with Gasteiger partial charge in [0.2, 0.25) is 5.78 Å². The van der Waals surface area contributed by atoms with E-state index in [1.165, 1.54) is 0 Å². The largest absolute Gasteiger partial charge is 0.497 e. The number of ether oxygens (including phenoxy) is 2. The molecule has 0 N–H and O–H groups in total. The molecule has 20 heavy (non-hydrogen) atoms. The summed E-state index contributed by atoms with van der Waals surface area (Å²) in [5, 5.41) is 0.576. The standard InChI is InChI=1S/C16H15ClO3/c1-11(20-15-5-3-4-13(17)10-15)16(18)12-6-8-14(19-2)9-7-12/h3-11H,1-2H3. The number of methoxy groups -OCH3 is 1. The van der Waals surface area contributed by atoms with E-state index in [9.17, 15) is 4.79 Å². The molecule has 1 unspecified atom stereocenters. The Kier molecular flexibility index (Phi) is 4.64. The minimum Gasteiger partial charge on any atom is -0.497 e. The Hall–Kier alpha value is -2.00. The van der Waals surface area contributed by atoms with E-state index in [0.29, 0.717) is 22.1 Å². The number of hydrogen-bond acceptors (Lipinski definition) is 3. The number of Topliss-reactive ketones (excluding diaryl/α,β-unsaturated/α-hetero) is 1. The quantitative estimate of drug-likeness (QED) is 0.781. The molecule has 0 saturated heterocycles. The van der Waals surface area contributed by atoms with Crippen molar-refractivity contribution >= 4 is 17.4 Å². The number of benzene rings is 2. The van der Waals surface area contributed by atoms with Crippen LogP contribution in [0.5, 0.6) is 11.5 Å². The molecule has 0 aliphatic carbocycles. The molecule has 0 aromatic heterocycles. The van der Waals surface area contributed by atoms with Crippen LogP contribution in [0, 0.1) is 0 Å². The highest BCUT2D eigenvalue weighted by molar-refractivity contribution is 6.30. The van der Waals surface area contributed by atoms with Gasteiger partial charge in [-0.2, -0.15) is 0 Å². The summed E-state index contributed by atoms with van der Waals surface area (Å²) in [6.45, 7) is 1.72. The average molecular weight is 291 g/mol. The molecule has 2 aromatic rings. The van der Waals surface area contributed by atoms with Gasteiger partial charge in [-0.1, -0.05) is 17.7 Å². The van der Waals surface area contributed by atoms with Crippen LogP contribution in [0.1, 0.15) is 17.3 Å². The summed E-state index contributed by atoms with van der Waals surface area (Å²) < 4.78 is 10.7. The number of hydrogen-bond donors (Lipinski definition) is 0. The monoisotopic (exact) mass is 290 g/mol. The Bertz CT molecular complexity index is 593. The number of carbonyl (C=O) groups excluding carboxylic acids is 1. The third-order valence-electron chi connectivity index (χ3n) is 2.85. The summed E-state index contributed by atoms with van der Waals surface area (Å²) in [6.07, 6.45) is -0.582. The fourth-order valence-corrected chi connectivity index (χ4v) is 1.97. The van der Waals surface area contributed by atoms with Crippen LogP contribution in [0.25, 0.3) is 0 Å². The first-order valence-electron chi connectivity index (χ1n) is 6.20. The SMILES string of the molecule is COc1ccc(C(=O)C(C)Oc2cccc(Cl)c2)cc1. The van der Waals surface area contributed by atoms with Gasteiger partial charge in [0, 0.05) is 10.6 Å². The van der Waals surface area contributed by atoms with Crippen molar-refractivity contribution in [2.75, 3.05) is 7.11 Å². The molecule has 104 valence electrons. The molecule has 4 heteroatoms. The van der Waals surface area contributed by atoms with Crippen molar-refractivity contribution in [2.24, 2.45) is 0 Å². The summed E-state index contributed by atoms with van der Waals surface area (Å²) in [6, 6.07) is 13.9. The van der Waals surface area contributed by atoms with Gasteiger partial charge in [0.25, 0.3) is 0 Å². The molecular formula is C16H15ClO3. The average Bonchev–Trinajstić information content (AvgIpc) is 2.46. The third-order valence-corrected chi connectivity index (χ3v) is 3.09. The summed E-state index contributed by atoms with van der Waals surface area (Å²) in [5.41, 5.74) is 0.584. The molecule has 2 rings (SSSR count). The van der Waals surface area contributed by atoms with Gasteiger partial charge in [-0.25, -0.2) is 0 Å². The zero-order chi connectivity index (χ0) is 14.5. The summed E-state index contributed by atoms with van der Waals surface area (Å²) in [4.78, 5) is 12.2. The van der Waals surface area contributed by atoms with E-state index >= 15 is 0 Å². The van der Waals surface area contributed by atoms with Crippen LogP contribution in [0.15, 0.2) is 48.5 Å². The van der Waals surface area contributed by atoms with Crippen molar-refractivity contribution in [2.45, 2.75) is 13.0 Å². The lowest BCUT2D eigenvalue weighted by molar-refractivity contribution is 0.0818. The maximum atomic E-state index is 12.2. The van der Waals surface area contributed by atoms with Crippen LogP contribution < -0.4 is 9.47 Å². The van der Waals surface area contributed by atoms with E-state index in [1.54, 1.807) is 62.6 Å². The van der Waals surface area contributed by atoms with Crippen LogP contribution >= 0.6 is 11.6 Å². The van der Waals surface area contributed by atoms with Crippen molar-refractivity contribution in [3.63, 3.8) is 0 Å². The lowest BCUT2D eigenvalue weighted by Gasteiger charge is -2.14. The van der Waals surface area contributed by atoms with Gasteiger partial charge in [0.05, 0.1) is 7.11 Å². The third kappa shape index (κ3) is 3.52. The lowest BCUT2D eigenvalue weighted by atomic mass is 10.1. The molecule has 0 bridgehead atoms. The topological polar surface area (TPSA) is 35.5 Å². The van der Waals surface area contributed by atoms with Crippen LogP contribution in [0.4, 0.5) is 0 Å². The van der Waals surface area contributed by atoms with Crippen molar-refractivity contribution in [3.05, 3.63) is 59.1 Å². The molecule has 3 nitrogen and oxygen atoms in total. The predicted octanol–water partition coefficient (Wildman–Crippen LogP) is 4.00. The zero-order valence-corrected chi connectivity index (χ0v) is 12.1. The number of rotatable bonds is 5. The maximum Gasteiger partial charge on any atom is 0.202 e. The van der Waals surface area contributed by atoms with Crippen molar-refractivity contribution in [3.8, 4) is 11.5 Å². The van der Waals surface area contributed by atoms with Gasteiger partial charge < -0.3 is 9.47 Å². The van der Waals surface area contributed by atoms with Gasteiger partial charge >= 0.3 is 0 Å². The minimum absolute atomic E-state index is 0.0902. The highest BCUT2D eigenvalue weighted by Crippen LogP contribution is 2.20. The highest BCUT2D eigenvalue weighted by atomic mass is 35.5. The Morgan fingerprint density at radius 3 is 2.40 bits per heavy atom. The molecule has 0 radical (unpaired) electrons. The van der Waals surface area contributed by atoms with E-state index in [0.717, 1.165) is 0 Å². The molecule has 0 aliphatic heterocycles. The minimum atomic E-state index is -0.582. The highest BCUT2D eigenvalue weighted by Gasteiger charge is 2.17. The molecule has 0 fully saturated rings. The molecular weight excluding hydrogens is 276 g/mol. The molecule has 0 heterocycles. The second kappa shape index (κ2) is 6.44. The van der Waals surface area contributed by atoms with Crippen LogP contribution in [-0.4, -0.2) is 19.0 Å². The van der Waals surface area contributed by atoms with Crippen molar-refractivity contribution in [1.29, 1.82) is 0 Å². The summed E-state index contributed by atoms with van der Waals surface area (Å²) in [5.74, 6) is 1.20. The zero-order valence-electron chi connectivity index (χ0n) is 11.3. The lowest BCUT2D eigenvalue weighted by Crippen LogP contribution is -2.23. The summed E-state index contributed by atoms with van der Waals surface area (Å²) >= 11 is 5.88. The molecule has 0 aliphatic rings.